The van der Waals surface area contributed by atoms with E-state index >= 15 is 0 Å². The lowest BCUT2D eigenvalue weighted by Gasteiger charge is -2.03. The van der Waals surface area contributed by atoms with Crippen molar-refractivity contribution in [1.82, 2.24) is 20.2 Å². The second kappa shape index (κ2) is 5.49. The Hall–Kier alpha value is -3.09. The molecular weight excluding hydrogens is 270 g/mol. The largest absolute Gasteiger partial charge is 0.421 e. The second-order valence-electron chi connectivity index (χ2n) is 4.23. The number of anilines is 1. The van der Waals surface area contributed by atoms with Crippen molar-refractivity contribution in [3.8, 4) is 11.5 Å². The van der Waals surface area contributed by atoms with Gasteiger partial charge in [0.1, 0.15) is 0 Å². The summed E-state index contributed by atoms with van der Waals surface area (Å²) < 4.78 is 5.32. The highest BCUT2D eigenvalue weighted by molar-refractivity contribution is 6.03. The van der Waals surface area contributed by atoms with Crippen LogP contribution in [-0.2, 0) is 0 Å². The molecule has 3 aromatic rings. The number of nitrogens with zero attached hydrogens (tertiary/aromatic N) is 4. The zero-order valence-corrected chi connectivity index (χ0v) is 11.1. The van der Waals surface area contributed by atoms with Crippen molar-refractivity contribution in [2.24, 2.45) is 0 Å². The molecule has 0 atom stereocenters. The Balaban J connectivity index is 1.76. The van der Waals surface area contributed by atoms with E-state index in [9.17, 15) is 4.79 Å². The summed E-state index contributed by atoms with van der Waals surface area (Å²) in [6, 6.07) is 8.51. The molecule has 1 N–H and O–H groups in total. The minimum atomic E-state index is -0.283. The van der Waals surface area contributed by atoms with Gasteiger partial charge in [-0.15, -0.1) is 10.2 Å². The maximum Gasteiger partial charge on any atom is 0.258 e. The van der Waals surface area contributed by atoms with Crippen LogP contribution in [0.2, 0.25) is 0 Å². The van der Waals surface area contributed by atoms with Crippen LogP contribution in [0, 0.1) is 6.92 Å². The molecule has 0 aliphatic heterocycles. The minimum Gasteiger partial charge on any atom is -0.421 e. The molecule has 7 nitrogen and oxygen atoms in total. The average Bonchev–Trinajstić information content (AvgIpc) is 2.95. The number of aromatic nitrogens is 4. The van der Waals surface area contributed by atoms with Gasteiger partial charge in [-0.25, -0.2) is 9.97 Å². The first kappa shape index (κ1) is 12.9. The number of carbonyl (C=O) groups is 1. The van der Waals surface area contributed by atoms with Crippen molar-refractivity contribution >= 4 is 11.9 Å². The van der Waals surface area contributed by atoms with Gasteiger partial charge in [-0.3, -0.25) is 10.1 Å². The van der Waals surface area contributed by atoms with E-state index in [1.807, 2.05) is 0 Å². The lowest BCUT2D eigenvalue weighted by Crippen LogP contribution is -2.13. The predicted octanol–water partition coefficient (Wildman–Crippen LogP) is 2.09. The topological polar surface area (TPSA) is 93.8 Å². The summed E-state index contributed by atoms with van der Waals surface area (Å²) in [5.41, 5.74) is 1.24. The third-order valence-corrected chi connectivity index (χ3v) is 2.71. The lowest BCUT2D eigenvalue weighted by atomic mass is 10.1. The van der Waals surface area contributed by atoms with E-state index in [2.05, 4.69) is 25.5 Å². The summed E-state index contributed by atoms with van der Waals surface area (Å²) >= 11 is 0. The Morgan fingerprint density at radius 1 is 1.10 bits per heavy atom. The predicted molar refractivity (Wildman–Crippen MR) is 74.5 cm³/mol. The van der Waals surface area contributed by atoms with E-state index in [-0.39, 0.29) is 11.9 Å². The van der Waals surface area contributed by atoms with Crippen LogP contribution in [0.1, 0.15) is 16.2 Å². The smallest absolute Gasteiger partial charge is 0.258 e. The van der Waals surface area contributed by atoms with E-state index in [0.717, 1.165) is 5.56 Å². The Kier molecular flexibility index (Phi) is 3.38. The zero-order chi connectivity index (χ0) is 14.7. The van der Waals surface area contributed by atoms with Gasteiger partial charge in [0.15, 0.2) is 0 Å². The van der Waals surface area contributed by atoms with Gasteiger partial charge in [0.2, 0.25) is 17.7 Å². The van der Waals surface area contributed by atoms with E-state index in [1.165, 1.54) is 0 Å². The fourth-order valence-corrected chi connectivity index (χ4v) is 1.71. The lowest BCUT2D eigenvalue weighted by molar-refractivity contribution is 0.102. The quantitative estimate of drug-likeness (QED) is 0.790. The summed E-state index contributed by atoms with van der Waals surface area (Å²) in [4.78, 5) is 19.9. The summed E-state index contributed by atoms with van der Waals surface area (Å²) in [5.74, 6) is 0.896. The van der Waals surface area contributed by atoms with Crippen LogP contribution in [0.25, 0.3) is 11.5 Å². The van der Waals surface area contributed by atoms with Gasteiger partial charge in [-0.05, 0) is 30.3 Å². The molecule has 1 aromatic carbocycles. The molecule has 0 radical (unpaired) electrons. The van der Waals surface area contributed by atoms with E-state index in [1.54, 1.807) is 49.6 Å². The first-order valence-electron chi connectivity index (χ1n) is 6.21. The zero-order valence-electron chi connectivity index (χ0n) is 11.1. The molecule has 0 fully saturated rings. The van der Waals surface area contributed by atoms with Gasteiger partial charge in [0, 0.05) is 30.4 Å². The normalized spacial score (nSPS) is 10.3. The Morgan fingerprint density at radius 3 is 2.43 bits per heavy atom. The van der Waals surface area contributed by atoms with E-state index in [4.69, 9.17) is 4.42 Å². The minimum absolute atomic E-state index is 0.263. The number of hydrogen-bond acceptors (Lipinski definition) is 6. The Labute approximate surface area is 120 Å². The molecule has 2 heterocycles. The van der Waals surface area contributed by atoms with Crippen LogP contribution in [0.3, 0.4) is 0 Å². The van der Waals surface area contributed by atoms with Crippen molar-refractivity contribution in [1.29, 1.82) is 0 Å². The number of amides is 1. The van der Waals surface area contributed by atoms with Crippen molar-refractivity contribution in [3.63, 3.8) is 0 Å². The van der Waals surface area contributed by atoms with Crippen molar-refractivity contribution in [2.75, 3.05) is 5.32 Å². The average molecular weight is 281 g/mol. The molecule has 21 heavy (non-hydrogen) atoms. The van der Waals surface area contributed by atoms with Crippen molar-refractivity contribution in [3.05, 3.63) is 54.2 Å². The molecule has 0 bridgehead atoms. The number of rotatable bonds is 3. The molecule has 0 aliphatic rings. The molecule has 104 valence electrons. The molecule has 1 amide bonds. The van der Waals surface area contributed by atoms with E-state index in [0.29, 0.717) is 17.3 Å². The molecule has 0 saturated carbocycles. The molecule has 0 aliphatic carbocycles. The molecule has 0 saturated heterocycles. The molecule has 2 aromatic heterocycles. The van der Waals surface area contributed by atoms with Crippen LogP contribution in [0.5, 0.6) is 0 Å². The van der Waals surface area contributed by atoms with Gasteiger partial charge in [0.25, 0.3) is 5.91 Å². The Bertz CT molecular complexity index is 753. The first-order valence-corrected chi connectivity index (χ1v) is 6.21. The van der Waals surface area contributed by atoms with Gasteiger partial charge < -0.3 is 4.42 Å². The maximum absolute atomic E-state index is 12.0. The highest BCUT2D eigenvalue weighted by Crippen LogP contribution is 2.18. The monoisotopic (exact) mass is 281 g/mol. The summed E-state index contributed by atoms with van der Waals surface area (Å²) in [5, 5.41) is 10.3. The van der Waals surface area contributed by atoms with Crippen LogP contribution in [-0.4, -0.2) is 26.1 Å². The van der Waals surface area contributed by atoms with Gasteiger partial charge in [-0.2, -0.15) is 0 Å². The summed E-state index contributed by atoms with van der Waals surface area (Å²) in [6.07, 6.45) is 3.12. The standard InChI is InChI=1S/C14H11N5O2/c1-9-18-19-13(21-9)11-5-3-10(4-6-11)12(20)17-14-15-7-2-8-16-14/h2-8H,1H3,(H,15,16,17,20). The summed E-state index contributed by atoms with van der Waals surface area (Å²) in [7, 11) is 0. The van der Waals surface area contributed by atoms with Crippen molar-refractivity contribution in [2.45, 2.75) is 6.92 Å². The molecular formula is C14H11N5O2. The third kappa shape index (κ3) is 2.92. The van der Waals surface area contributed by atoms with Crippen LogP contribution >= 0.6 is 0 Å². The van der Waals surface area contributed by atoms with Crippen LogP contribution < -0.4 is 5.32 Å². The molecule has 0 unspecified atom stereocenters. The molecule has 0 spiro atoms. The molecule has 3 rings (SSSR count). The van der Waals surface area contributed by atoms with Crippen LogP contribution in [0.15, 0.2) is 47.1 Å². The number of carbonyl (C=O) groups excluding carboxylic acids is 1. The number of hydrogen-bond donors (Lipinski definition) is 1. The fourth-order valence-electron chi connectivity index (χ4n) is 1.71. The number of benzene rings is 1. The van der Waals surface area contributed by atoms with E-state index < -0.39 is 0 Å². The third-order valence-electron chi connectivity index (χ3n) is 2.71. The summed E-state index contributed by atoms with van der Waals surface area (Å²) in [6.45, 7) is 1.72. The first-order chi connectivity index (χ1) is 10.2. The second-order valence-corrected chi connectivity index (χ2v) is 4.23. The molecule has 7 heteroatoms. The van der Waals surface area contributed by atoms with Crippen LogP contribution in [0.4, 0.5) is 5.95 Å². The SMILES string of the molecule is Cc1nnc(-c2ccc(C(=O)Nc3ncccn3)cc2)o1. The number of aryl methyl sites for hydroxylation is 1. The van der Waals surface area contributed by atoms with Crippen molar-refractivity contribution < 1.29 is 9.21 Å². The fraction of sp³-hybridized carbons (Fsp3) is 0.0714. The highest BCUT2D eigenvalue weighted by atomic mass is 16.4. The highest BCUT2D eigenvalue weighted by Gasteiger charge is 2.10. The maximum atomic E-state index is 12.0. The van der Waals surface area contributed by atoms with Gasteiger partial charge in [-0.1, -0.05) is 0 Å². The van der Waals surface area contributed by atoms with Gasteiger partial charge in [0.05, 0.1) is 0 Å². The van der Waals surface area contributed by atoms with Gasteiger partial charge >= 0.3 is 0 Å². The Morgan fingerprint density at radius 2 is 1.81 bits per heavy atom. The number of nitrogens with one attached hydrogen (secondary N) is 1.